The molecule has 0 radical (unpaired) electrons. The minimum atomic E-state index is -4.37. The summed E-state index contributed by atoms with van der Waals surface area (Å²) in [5, 5.41) is 18.8. The van der Waals surface area contributed by atoms with Crippen LogP contribution in [0.15, 0.2) is 36.4 Å². The largest absolute Gasteiger partial charge is 0.478 e. The van der Waals surface area contributed by atoms with E-state index in [9.17, 15) is 23.1 Å². The van der Waals surface area contributed by atoms with Gasteiger partial charge in [-0.3, -0.25) is 0 Å². The molecular formula is C19H19F3N2O3. The number of aliphatic hydroxyl groups is 1. The molecule has 0 saturated carbocycles. The van der Waals surface area contributed by atoms with Crippen molar-refractivity contribution in [3.05, 3.63) is 58.8 Å². The lowest BCUT2D eigenvalue weighted by Gasteiger charge is -2.24. The number of nitrogens with zero attached hydrogens (tertiary/aromatic N) is 2. The Balaban J connectivity index is 1.83. The molecule has 1 aromatic carbocycles. The number of carboxylic acid groups (broad SMARTS) is 1. The summed E-state index contributed by atoms with van der Waals surface area (Å²) in [7, 11) is 0. The Labute approximate surface area is 154 Å². The van der Waals surface area contributed by atoms with E-state index in [1.807, 2.05) is 4.90 Å². The number of aryl methyl sites for hydroxylation is 1. The van der Waals surface area contributed by atoms with Crippen LogP contribution < -0.4 is 4.90 Å². The van der Waals surface area contributed by atoms with Crippen LogP contribution in [-0.4, -0.2) is 40.4 Å². The lowest BCUT2D eigenvalue weighted by molar-refractivity contribution is -0.137. The lowest BCUT2D eigenvalue weighted by Crippen LogP contribution is -2.33. The highest BCUT2D eigenvalue weighted by molar-refractivity contribution is 5.89. The standard InChI is InChI=1S/C19H19F3N2O3/c1-11-16(18(26)27)6-7-17(23-11)24-9-13(8-15(24)10-25)12-2-4-14(5-3-12)19(20,21)22/h2-7,13,15,25H,8-10H2,1H3,(H,26,27)/t13?,15-/m0/s1. The van der Waals surface area contributed by atoms with Gasteiger partial charge in [0.05, 0.1) is 29.5 Å². The van der Waals surface area contributed by atoms with E-state index in [4.69, 9.17) is 5.11 Å². The van der Waals surface area contributed by atoms with Gasteiger partial charge in [-0.05, 0) is 43.2 Å². The molecule has 1 unspecified atom stereocenters. The van der Waals surface area contributed by atoms with Gasteiger partial charge in [0.1, 0.15) is 5.82 Å². The topological polar surface area (TPSA) is 73.7 Å². The van der Waals surface area contributed by atoms with E-state index in [0.29, 0.717) is 24.5 Å². The minimum Gasteiger partial charge on any atom is -0.478 e. The van der Waals surface area contributed by atoms with Gasteiger partial charge in [0.15, 0.2) is 0 Å². The van der Waals surface area contributed by atoms with E-state index >= 15 is 0 Å². The molecule has 2 N–H and O–H groups in total. The molecule has 144 valence electrons. The van der Waals surface area contributed by atoms with Gasteiger partial charge in [0.2, 0.25) is 0 Å². The monoisotopic (exact) mass is 380 g/mol. The Morgan fingerprint density at radius 3 is 2.41 bits per heavy atom. The van der Waals surface area contributed by atoms with Crippen molar-refractivity contribution in [1.82, 2.24) is 4.98 Å². The number of alkyl halides is 3. The number of halogens is 3. The van der Waals surface area contributed by atoms with Crippen LogP contribution >= 0.6 is 0 Å². The Bertz CT molecular complexity index is 837. The number of carboxylic acids is 1. The van der Waals surface area contributed by atoms with Crippen LogP contribution in [0.3, 0.4) is 0 Å². The zero-order valence-electron chi connectivity index (χ0n) is 14.6. The summed E-state index contributed by atoms with van der Waals surface area (Å²) < 4.78 is 38.2. The van der Waals surface area contributed by atoms with E-state index < -0.39 is 17.7 Å². The molecule has 0 amide bonds. The van der Waals surface area contributed by atoms with Gasteiger partial charge >= 0.3 is 12.1 Å². The molecule has 1 aliphatic rings. The summed E-state index contributed by atoms with van der Waals surface area (Å²) >= 11 is 0. The predicted molar refractivity (Wildman–Crippen MR) is 93.0 cm³/mol. The number of aliphatic hydroxyl groups excluding tert-OH is 1. The third-order valence-electron chi connectivity index (χ3n) is 4.93. The SMILES string of the molecule is Cc1nc(N2CC(c3ccc(C(F)(F)F)cc3)C[C@H]2CO)ccc1C(=O)O. The third-order valence-corrected chi connectivity index (χ3v) is 4.93. The maximum atomic E-state index is 12.7. The maximum Gasteiger partial charge on any atom is 0.416 e. The van der Waals surface area contributed by atoms with E-state index in [-0.39, 0.29) is 24.1 Å². The van der Waals surface area contributed by atoms with Crippen molar-refractivity contribution < 1.29 is 28.2 Å². The van der Waals surface area contributed by atoms with Crippen LogP contribution in [0.5, 0.6) is 0 Å². The predicted octanol–water partition coefficient (Wildman–Crippen LogP) is 3.46. The molecule has 2 atom stereocenters. The van der Waals surface area contributed by atoms with Crippen molar-refractivity contribution in [1.29, 1.82) is 0 Å². The van der Waals surface area contributed by atoms with Gasteiger partial charge in [-0.25, -0.2) is 9.78 Å². The number of rotatable bonds is 4. The summed E-state index contributed by atoms with van der Waals surface area (Å²) in [5.41, 5.74) is 0.552. The molecule has 1 fully saturated rings. The average Bonchev–Trinajstić information content (AvgIpc) is 3.05. The number of anilines is 1. The molecule has 2 aromatic rings. The maximum absolute atomic E-state index is 12.7. The first-order valence-electron chi connectivity index (χ1n) is 8.46. The molecule has 0 aliphatic carbocycles. The Morgan fingerprint density at radius 1 is 1.22 bits per heavy atom. The van der Waals surface area contributed by atoms with Crippen LogP contribution in [0.4, 0.5) is 19.0 Å². The molecule has 0 spiro atoms. The second-order valence-corrected chi connectivity index (χ2v) is 6.65. The highest BCUT2D eigenvalue weighted by Crippen LogP contribution is 2.36. The zero-order valence-corrected chi connectivity index (χ0v) is 14.6. The van der Waals surface area contributed by atoms with E-state index in [0.717, 1.165) is 17.7 Å². The van der Waals surface area contributed by atoms with Crippen LogP contribution in [-0.2, 0) is 6.18 Å². The van der Waals surface area contributed by atoms with Crippen molar-refractivity contribution >= 4 is 11.8 Å². The van der Waals surface area contributed by atoms with Crippen molar-refractivity contribution in [2.24, 2.45) is 0 Å². The second kappa shape index (κ2) is 7.19. The van der Waals surface area contributed by atoms with Crippen molar-refractivity contribution in [2.45, 2.75) is 31.5 Å². The van der Waals surface area contributed by atoms with Gasteiger partial charge in [-0.15, -0.1) is 0 Å². The fourth-order valence-corrected chi connectivity index (χ4v) is 3.49. The first kappa shape index (κ1) is 19.2. The fraction of sp³-hybridized carbons (Fsp3) is 0.368. The average molecular weight is 380 g/mol. The molecule has 27 heavy (non-hydrogen) atoms. The highest BCUT2D eigenvalue weighted by Gasteiger charge is 2.35. The first-order valence-corrected chi connectivity index (χ1v) is 8.46. The van der Waals surface area contributed by atoms with Crippen LogP contribution in [0, 0.1) is 6.92 Å². The van der Waals surface area contributed by atoms with Gasteiger partial charge < -0.3 is 15.1 Å². The Hall–Kier alpha value is -2.61. The van der Waals surface area contributed by atoms with Crippen LogP contribution in [0.2, 0.25) is 0 Å². The number of hydrogen-bond donors (Lipinski definition) is 2. The molecule has 1 aliphatic heterocycles. The molecule has 8 heteroatoms. The summed E-state index contributed by atoms with van der Waals surface area (Å²) in [6.45, 7) is 1.96. The van der Waals surface area contributed by atoms with Crippen LogP contribution in [0.1, 0.15) is 39.5 Å². The Morgan fingerprint density at radius 2 is 1.89 bits per heavy atom. The van der Waals surface area contributed by atoms with Crippen molar-refractivity contribution in [3.8, 4) is 0 Å². The van der Waals surface area contributed by atoms with E-state index in [1.165, 1.54) is 18.2 Å². The van der Waals surface area contributed by atoms with Gasteiger partial charge in [-0.2, -0.15) is 13.2 Å². The lowest BCUT2D eigenvalue weighted by atomic mass is 9.95. The number of hydrogen-bond acceptors (Lipinski definition) is 4. The van der Waals surface area contributed by atoms with Crippen LogP contribution in [0.25, 0.3) is 0 Å². The summed E-state index contributed by atoms with van der Waals surface area (Å²) in [5.74, 6) is -0.564. The van der Waals surface area contributed by atoms with Gasteiger partial charge in [-0.1, -0.05) is 12.1 Å². The molecule has 1 aromatic heterocycles. The second-order valence-electron chi connectivity index (χ2n) is 6.65. The molecular weight excluding hydrogens is 361 g/mol. The van der Waals surface area contributed by atoms with Crippen molar-refractivity contribution in [2.75, 3.05) is 18.1 Å². The normalized spacial score (nSPS) is 20.1. The van der Waals surface area contributed by atoms with Gasteiger partial charge in [0.25, 0.3) is 0 Å². The third kappa shape index (κ3) is 3.90. The van der Waals surface area contributed by atoms with E-state index in [2.05, 4.69) is 4.98 Å². The summed E-state index contributed by atoms with van der Waals surface area (Å²) in [6, 6.07) is 7.90. The van der Waals surface area contributed by atoms with Crippen molar-refractivity contribution in [3.63, 3.8) is 0 Å². The Kier molecular flexibility index (Phi) is 5.10. The molecule has 1 saturated heterocycles. The minimum absolute atomic E-state index is 0.0503. The first-order chi connectivity index (χ1) is 12.7. The summed E-state index contributed by atoms with van der Waals surface area (Å²) in [6.07, 6.45) is -3.80. The number of aromatic nitrogens is 1. The molecule has 5 nitrogen and oxygen atoms in total. The molecule has 2 heterocycles. The molecule has 0 bridgehead atoms. The quantitative estimate of drug-likeness (QED) is 0.850. The number of aromatic carboxylic acids is 1. The van der Waals surface area contributed by atoms with Gasteiger partial charge in [0, 0.05) is 12.5 Å². The summed E-state index contributed by atoms with van der Waals surface area (Å²) in [4.78, 5) is 17.3. The zero-order chi connectivity index (χ0) is 19.8. The smallest absolute Gasteiger partial charge is 0.416 e. The number of pyridine rings is 1. The fourth-order valence-electron chi connectivity index (χ4n) is 3.49. The molecule has 3 rings (SSSR count). The number of benzene rings is 1. The van der Waals surface area contributed by atoms with E-state index in [1.54, 1.807) is 13.0 Å². The number of carbonyl (C=O) groups is 1. The highest BCUT2D eigenvalue weighted by atomic mass is 19.4.